The van der Waals surface area contributed by atoms with Crippen molar-refractivity contribution in [1.82, 2.24) is 15.1 Å². The van der Waals surface area contributed by atoms with Crippen molar-refractivity contribution in [2.45, 2.75) is 33.2 Å². The van der Waals surface area contributed by atoms with E-state index in [1.165, 1.54) is 6.07 Å². The lowest BCUT2D eigenvalue weighted by Gasteiger charge is -2.12. The molecule has 0 aliphatic carbocycles. The molecule has 142 valence electrons. The summed E-state index contributed by atoms with van der Waals surface area (Å²) >= 11 is 0. The van der Waals surface area contributed by atoms with Crippen LogP contribution in [0.3, 0.4) is 0 Å². The zero-order valence-electron chi connectivity index (χ0n) is 16.0. The molecule has 2 aromatic heterocycles. The lowest BCUT2D eigenvalue weighted by atomic mass is 10.1. The van der Waals surface area contributed by atoms with E-state index in [9.17, 15) is 4.39 Å². The summed E-state index contributed by atoms with van der Waals surface area (Å²) in [6.45, 7) is 6.31. The average molecular weight is 376 g/mol. The van der Waals surface area contributed by atoms with E-state index in [1.54, 1.807) is 12.1 Å². The molecular weight excluding hydrogens is 355 g/mol. The quantitative estimate of drug-likeness (QED) is 0.500. The predicted octanol–water partition coefficient (Wildman–Crippen LogP) is 5.47. The highest BCUT2D eigenvalue weighted by Crippen LogP contribution is 2.30. The standard InChI is InChI=1S/C22H21FN4O/c1-13(2)22-26-21(27-28-22)17-11-15-9-6-7-14(3)19(15)25-20(17)24-12-16-8-4-5-10-18(16)23/h4-11,13H,12H2,1-3H3,(H,24,25). The molecule has 2 aromatic carbocycles. The fraction of sp³-hybridized carbons (Fsp3) is 0.227. The average Bonchev–Trinajstić information content (AvgIpc) is 3.18. The Kier molecular flexibility index (Phi) is 4.77. The number of hydrogen-bond donors (Lipinski definition) is 1. The van der Waals surface area contributed by atoms with Crippen LogP contribution in [0.5, 0.6) is 0 Å². The first-order chi connectivity index (χ1) is 13.5. The normalized spacial score (nSPS) is 11.3. The molecule has 28 heavy (non-hydrogen) atoms. The molecule has 6 heteroatoms. The van der Waals surface area contributed by atoms with Crippen LogP contribution in [0.1, 0.15) is 36.8 Å². The molecule has 0 saturated heterocycles. The Bertz CT molecular complexity index is 1140. The Labute approximate surface area is 162 Å². The van der Waals surface area contributed by atoms with Gasteiger partial charge < -0.3 is 9.84 Å². The molecular formula is C22H21FN4O. The summed E-state index contributed by atoms with van der Waals surface area (Å²) in [6.07, 6.45) is 0. The summed E-state index contributed by atoms with van der Waals surface area (Å²) < 4.78 is 19.4. The third-order valence-corrected chi connectivity index (χ3v) is 4.63. The Morgan fingerprint density at radius 1 is 1.07 bits per heavy atom. The first kappa shape index (κ1) is 18.1. The number of fused-ring (bicyclic) bond motifs is 1. The van der Waals surface area contributed by atoms with Crippen molar-refractivity contribution < 1.29 is 8.91 Å². The number of nitrogens with zero attached hydrogens (tertiary/aromatic N) is 3. The van der Waals surface area contributed by atoms with Crippen molar-refractivity contribution in [2.75, 3.05) is 5.32 Å². The van der Waals surface area contributed by atoms with Crippen LogP contribution in [-0.2, 0) is 6.54 Å². The highest BCUT2D eigenvalue weighted by Gasteiger charge is 2.17. The summed E-state index contributed by atoms with van der Waals surface area (Å²) in [6, 6.07) is 14.7. The van der Waals surface area contributed by atoms with E-state index in [0.29, 0.717) is 29.6 Å². The Hall–Kier alpha value is -3.28. The minimum atomic E-state index is -0.254. The maximum Gasteiger partial charge on any atom is 0.229 e. The van der Waals surface area contributed by atoms with E-state index in [2.05, 4.69) is 15.5 Å². The van der Waals surface area contributed by atoms with Crippen LogP contribution < -0.4 is 5.32 Å². The van der Waals surface area contributed by atoms with Crippen molar-refractivity contribution in [1.29, 1.82) is 0 Å². The second-order valence-corrected chi connectivity index (χ2v) is 7.09. The third kappa shape index (κ3) is 3.45. The monoisotopic (exact) mass is 376 g/mol. The summed E-state index contributed by atoms with van der Waals surface area (Å²) in [5.74, 6) is 1.51. The van der Waals surface area contributed by atoms with Gasteiger partial charge in [0.1, 0.15) is 11.6 Å². The maximum atomic E-state index is 14.0. The molecule has 0 bridgehead atoms. The number of halogens is 1. The SMILES string of the molecule is Cc1cccc2cc(-c3noc(C(C)C)n3)c(NCc3ccccc3F)nc12. The van der Waals surface area contributed by atoms with E-state index in [-0.39, 0.29) is 11.7 Å². The molecule has 4 rings (SSSR count). The van der Waals surface area contributed by atoms with Crippen molar-refractivity contribution in [3.8, 4) is 11.4 Å². The van der Waals surface area contributed by atoms with Gasteiger partial charge in [0.05, 0.1) is 11.1 Å². The number of anilines is 1. The first-order valence-corrected chi connectivity index (χ1v) is 9.24. The van der Waals surface area contributed by atoms with Gasteiger partial charge in [-0.1, -0.05) is 55.4 Å². The molecule has 0 unspecified atom stereocenters. The molecule has 0 atom stereocenters. The molecule has 0 fully saturated rings. The van der Waals surface area contributed by atoms with Crippen molar-refractivity contribution in [3.63, 3.8) is 0 Å². The van der Waals surface area contributed by atoms with Gasteiger partial charge in [0.15, 0.2) is 0 Å². The molecule has 1 N–H and O–H groups in total. The van der Waals surface area contributed by atoms with Gasteiger partial charge in [-0.3, -0.25) is 0 Å². The van der Waals surface area contributed by atoms with Crippen LogP contribution in [0, 0.1) is 12.7 Å². The lowest BCUT2D eigenvalue weighted by molar-refractivity contribution is 0.365. The van der Waals surface area contributed by atoms with Gasteiger partial charge >= 0.3 is 0 Å². The van der Waals surface area contributed by atoms with Gasteiger partial charge in [-0.15, -0.1) is 0 Å². The Morgan fingerprint density at radius 2 is 1.89 bits per heavy atom. The van der Waals surface area contributed by atoms with Crippen molar-refractivity contribution in [3.05, 3.63) is 71.4 Å². The molecule has 0 saturated carbocycles. The van der Waals surface area contributed by atoms with E-state index in [1.807, 2.05) is 51.1 Å². The van der Waals surface area contributed by atoms with Gasteiger partial charge in [0.2, 0.25) is 11.7 Å². The number of aryl methyl sites for hydroxylation is 1. The summed E-state index contributed by atoms with van der Waals surface area (Å²) in [7, 11) is 0. The van der Waals surface area contributed by atoms with E-state index < -0.39 is 0 Å². The van der Waals surface area contributed by atoms with Gasteiger partial charge in [-0.2, -0.15) is 4.98 Å². The van der Waals surface area contributed by atoms with Gasteiger partial charge in [0.25, 0.3) is 0 Å². The number of rotatable bonds is 5. The van der Waals surface area contributed by atoms with Gasteiger partial charge in [0, 0.05) is 23.4 Å². The van der Waals surface area contributed by atoms with Crippen LogP contribution >= 0.6 is 0 Å². The second kappa shape index (κ2) is 7.38. The highest BCUT2D eigenvalue weighted by atomic mass is 19.1. The van der Waals surface area contributed by atoms with Crippen molar-refractivity contribution in [2.24, 2.45) is 0 Å². The summed E-state index contributed by atoms with van der Waals surface area (Å²) in [4.78, 5) is 9.31. The van der Waals surface area contributed by atoms with E-state index >= 15 is 0 Å². The lowest BCUT2D eigenvalue weighted by Crippen LogP contribution is -2.06. The fourth-order valence-electron chi connectivity index (χ4n) is 3.05. The number of aromatic nitrogens is 3. The van der Waals surface area contributed by atoms with Crippen molar-refractivity contribution >= 4 is 16.7 Å². The minimum Gasteiger partial charge on any atom is -0.365 e. The van der Waals surface area contributed by atoms with Gasteiger partial charge in [-0.25, -0.2) is 9.37 Å². The summed E-state index contributed by atoms with van der Waals surface area (Å²) in [5, 5.41) is 8.37. The van der Waals surface area contributed by atoms with Crippen LogP contribution in [-0.4, -0.2) is 15.1 Å². The smallest absolute Gasteiger partial charge is 0.229 e. The molecule has 0 aliphatic heterocycles. The van der Waals surface area contributed by atoms with Crippen LogP contribution in [0.4, 0.5) is 10.2 Å². The van der Waals surface area contributed by atoms with Crippen LogP contribution in [0.15, 0.2) is 53.1 Å². The number of benzene rings is 2. The number of para-hydroxylation sites is 1. The first-order valence-electron chi connectivity index (χ1n) is 9.24. The molecule has 0 radical (unpaired) electrons. The number of nitrogens with one attached hydrogen (secondary N) is 1. The highest BCUT2D eigenvalue weighted by molar-refractivity contribution is 5.89. The number of pyridine rings is 1. The topological polar surface area (TPSA) is 63.8 Å². The zero-order chi connectivity index (χ0) is 19.7. The van der Waals surface area contributed by atoms with E-state index in [4.69, 9.17) is 9.51 Å². The molecule has 5 nitrogen and oxygen atoms in total. The third-order valence-electron chi connectivity index (χ3n) is 4.63. The number of hydrogen-bond acceptors (Lipinski definition) is 5. The predicted molar refractivity (Wildman–Crippen MR) is 108 cm³/mol. The molecule has 0 amide bonds. The molecule has 0 spiro atoms. The Morgan fingerprint density at radius 3 is 2.64 bits per heavy atom. The molecule has 0 aliphatic rings. The largest absolute Gasteiger partial charge is 0.365 e. The maximum absolute atomic E-state index is 14.0. The van der Waals surface area contributed by atoms with Crippen LogP contribution in [0.2, 0.25) is 0 Å². The van der Waals surface area contributed by atoms with Crippen LogP contribution in [0.25, 0.3) is 22.3 Å². The van der Waals surface area contributed by atoms with Gasteiger partial charge in [-0.05, 0) is 24.6 Å². The van der Waals surface area contributed by atoms with E-state index in [0.717, 1.165) is 22.0 Å². The molecule has 4 aromatic rings. The zero-order valence-corrected chi connectivity index (χ0v) is 16.0. The fourth-order valence-corrected chi connectivity index (χ4v) is 3.05. The second-order valence-electron chi connectivity index (χ2n) is 7.09. The molecule has 2 heterocycles. The summed E-state index contributed by atoms with van der Waals surface area (Å²) in [5.41, 5.74) is 3.24. The Balaban J connectivity index is 1.79. The minimum absolute atomic E-state index is 0.131.